The first-order valence-corrected chi connectivity index (χ1v) is 13.5. The summed E-state index contributed by atoms with van der Waals surface area (Å²) in [5.41, 5.74) is -0.854. The zero-order chi connectivity index (χ0) is 30.3. The van der Waals surface area contributed by atoms with Crippen LogP contribution in [-0.2, 0) is 6.18 Å². The van der Waals surface area contributed by atoms with Crippen LogP contribution in [0.15, 0.2) is 47.7 Å². The lowest BCUT2D eigenvalue weighted by molar-refractivity contribution is -0.138. The second-order valence-electron chi connectivity index (χ2n) is 10.9. The average Bonchev–Trinajstić information content (AvgIpc) is 3.42. The molecule has 0 spiro atoms. The van der Waals surface area contributed by atoms with Gasteiger partial charge in [-0.2, -0.15) is 13.2 Å². The molecule has 4 heterocycles. The first-order chi connectivity index (χ1) is 19.8. The predicted molar refractivity (Wildman–Crippen MR) is 152 cm³/mol. The molecule has 42 heavy (non-hydrogen) atoms. The Morgan fingerprint density at radius 2 is 1.74 bits per heavy atom. The number of piperazine rings is 1. The molecule has 2 aliphatic rings. The molecule has 9 nitrogen and oxygen atoms in total. The molecular weight excluding hydrogens is 554 g/mol. The first-order valence-electron chi connectivity index (χ1n) is 13.5. The Labute approximate surface area is 239 Å². The molecule has 0 bridgehead atoms. The van der Waals surface area contributed by atoms with Gasteiger partial charge in [-0.3, -0.25) is 14.5 Å². The largest absolute Gasteiger partial charge is 0.417 e. The summed E-state index contributed by atoms with van der Waals surface area (Å²) >= 11 is 0. The van der Waals surface area contributed by atoms with E-state index in [0.717, 1.165) is 11.8 Å². The summed E-state index contributed by atoms with van der Waals surface area (Å²) in [6.45, 7) is 7.66. The number of aryl methyl sites for hydroxylation is 1. The Balaban J connectivity index is 1.53. The summed E-state index contributed by atoms with van der Waals surface area (Å²) in [7, 11) is 1.99. The lowest BCUT2D eigenvalue weighted by atomic mass is 10.0. The van der Waals surface area contributed by atoms with Crippen LogP contribution in [0.5, 0.6) is 0 Å². The number of aromatic amines is 1. The van der Waals surface area contributed by atoms with Crippen molar-refractivity contribution in [2.45, 2.75) is 39.0 Å². The van der Waals surface area contributed by atoms with Gasteiger partial charge in [0.25, 0.3) is 5.91 Å². The summed E-state index contributed by atoms with van der Waals surface area (Å²) in [5, 5.41) is 2.59. The van der Waals surface area contributed by atoms with Crippen molar-refractivity contribution in [2.75, 3.05) is 48.3 Å². The number of anilines is 3. The summed E-state index contributed by atoms with van der Waals surface area (Å²) in [6.07, 6.45) is 1.01. The molecule has 3 aromatic rings. The van der Waals surface area contributed by atoms with Crippen molar-refractivity contribution in [3.05, 3.63) is 81.3 Å². The minimum atomic E-state index is -4.93. The quantitative estimate of drug-likeness (QED) is 0.431. The minimum Gasteiger partial charge on any atom is -0.367 e. The Hall–Kier alpha value is -4.26. The standard InChI is InChI=1S/C29H31F4N7O2/c1-16-10-35-28(36-11-16)39-6-5-19(15-39)20-7-24(25(9-23(20)30)40-13-17(2)38(4)18(3)14-40)37-27(42)21-12-34-26(41)8-22(21)29(31,32)33/h5,7-12,17-18H,6,13-15H2,1-4H3,(H,34,41)(H,37,42)/t17-,18+. The van der Waals surface area contributed by atoms with Crippen molar-refractivity contribution in [3.8, 4) is 0 Å². The number of pyridine rings is 1. The number of rotatable bonds is 5. The zero-order valence-electron chi connectivity index (χ0n) is 23.6. The third kappa shape index (κ3) is 5.87. The van der Waals surface area contributed by atoms with E-state index in [0.29, 0.717) is 49.5 Å². The number of nitrogens with zero attached hydrogens (tertiary/aromatic N) is 5. The molecule has 1 aromatic carbocycles. The molecule has 1 saturated heterocycles. The van der Waals surface area contributed by atoms with Crippen molar-refractivity contribution in [1.29, 1.82) is 0 Å². The molecule has 0 aliphatic carbocycles. The van der Waals surface area contributed by atoms with E-state index in [9.17, 15) is 22.8 Å². The van der Waals surface area contributed by atoms with Crippen molar-refractivity contribution in [1.82, 2.24) is 19.9 Å². The SMILES string of the molecule is Cc1cnc(N2CC=C(c3cc(NC(=O)c4c[nH]c(=O)cc4C(F)(F)F)c(N4C[C@@H](C)N(C)[C@@H](C)C4)cc3F)C2)nc1. The molecule has 2 N–H and O–H groups in total. The van der Waals surface area contributed by atoms with Gasteiger partial charge in [-0.15, -0.1) is 0 Å². The van der Waals surface area contributed by atoms with Gasteiger partial charge in [0.1, 0.15) is 5.82 Å². The van der Waals surface area contributed by atoms with E-state index in [1.54, 1.807) is 12.4 Å². The van der Waals surface area contributed by atoms with Gasteiger partial charge in [-0.25, -0.2) is 14.4 Å². The van der Waals surface area contributed by atoms with Crippen LogP contribution in [0.25, 0.3) is 5.57 Å². The molecule has 13 heteroatoms. The van der Waals surface area contributed by atoms with Crippen molar-refractivity contribution in [3.63, 3.8) is 0 Å². The van der Waals surface area contributed by atoms with Crippen LogP contribution in [0.4, 0.5) is 34.9 Å². The Morgan fingerprint density at radius 3 is 2.38 bits per heavy atom. The number of nitrogens with one attached hydrogen (secondary N) is 2. The summed E-state index contributed by atoms with van der Waals surface area (Å²) < 4.78 is 57.0. The van der Waals surface area contributed by atoms with Gasteiger partial charge in [0.15, 0.2) is 0 Å². The average molecular weight is 586 g/mol. The van der Waals surface area contributed by atoms with Gasteiger partial charge >= 0.3 is 6.18 Å². The molecule has 0 unspecified atom stereocenters. The van der Waals surface area contributed by atoms with Crippen LogP contribution >= 0.6 is 0 Å². The maximum absolute atomic E-state index is 15.8. The normalized spacial score (nSPS) is 19.7. The Bertz CT molecular complexity index is 1570. The fourth-order valence-corrected chi connectivity index (χ4v) is 5.31. The molecule has 222 valence electrons. The monoisotopic (exact) mass is 585 g/mol. The maximum Gasteiger partial charge on any atom is 0.417 e. The molecule has 5 rings (SSSR count). The Morgan fingerprint density at radius 1 is 1.07 bits per heavy atom. The van der Waals surface area contributed by atoms with Crippen LogP contribution in [0.2, 0.25) is 0 Å². The number of carbonyl (C=O) groups is 1. The number of carbonyl (C=O) groups excluding carboxylic acids is 1. The smallest absolute Gasteiger partial charge is 0.367 e. The minimum absolute atomic E-state index is 0.0941. The number of benzene rings is 1. The van der Waals surface area contributed by atoms with Crippen LogP contribution in [0.1, 0.15) is 40.9 Å². The van der Waals surface area contributed by atoms with Crippen LogP contribution in [0, 0.1) is 12.7 Å². The summed E-state index contributed by atoms with van der Waals surface area (Å²) in [5.74, 6) is -1.13. The second kappa shape index (κ2) is 11.2. The first kappa shape index (κ1) is 29.2. The molecule has 2 aromatic heterocycles. The third-order valence-corrected chi connectivity index (χ3v) is 7.82. The van der Waals surface area contributed by atoms with Crippen LogP contribution in [-0.4, -0.2) is 71.1 Å². The van der Waals surface area contributed by atoms with E-state index < -0.39 is 34.6 Å². The van der Waals surface area contributed by atoms with Crippen LogP contribution in [0.3, 0.4) is 0 Å². The molecular formula is C29H31F4N7O2. The number of halogens is 4. The number of amides is 1. The summed E-state index contributed by atoms with van der Waals surface area (Å²) in [6, 6.07) is 3.31. The van der Waals surface area contributed by atoms with Gasteiger partial charge in [0, 0.05) is 68.5 Å². The number of aromatic nitrogens is 3. The van der Waals surface area contributed by atoms with E-state index in [2.05, 4.69) is 25.2 Å². The Kier molecular flexibility index (Phi) is 7.80. The maximum atomic E-state index is 15.8. The van der Waals surface area contributed by atoms with Crippen molar-refractivity contribution >= 4 is 28.8 Å². The molecule has 1 fully saturated rings. The predicted octanol–water partition coefficient (Wildman–Crippen LogP) is 4.32. The highest BCUT2D eigenvalue weighted by Gasteiger charge is 2.36. The second-order valence-corrected chi connectivity index (χ2v) is 10.9. The van der Waals surface area contributed by atoms with Gasteiger partial charge in [0.05, 0.1) is 22.5 Å². The van der Waals surface area contributed by atoms with Crippen molar-refractivity contribution in [2.24, 2.45) is 0 Å². The zero-order valence-corrected chi connectivity index (χ0v) is 23.6. The topological polar surface area (TPSA) is 97.5 Å². The van der Waals surface area contributed by atoms with E-state index in [1.165, 1.54) is 12.1 Å². The van der Waals surface area contributed by atoms with Gasteiger partial charge in [0.2, 0.25) is 11.5 Å². The number of hydrogen-bond donors (Lipinski definition) is 2. The highest BCUT2D eigenvalue weighted by Crippen LogP contribution is 2.37. The number of H-pyrrole nitrogens is 1. The number of hydrogen-bond acceptors (Lipinski definition) is 7. The van der Waals surface area contributed by atoms with Gasteiger partial charge < -0.3 is 20.1 Å². The molecule has 0 saturated carbocycles. The number of likely N-dealkylation sites (N-methyl/N-ethyl adjacent to an activating group) is 1. The van der Waals surface area contributed by atoms with E-state index >= 15 is 4.39 Å². The lowest BCUT2D eigenvalue weighted by Crippen LogP contribution is -2.55. The van der Waals surface area contributed by atoms with Crippen molar-refractivity contribution < 1.29 is 22.4 Å². The van der Waals surface area contributed by atoms with E-state index in [-0.39, 0.29) is 23.3 Å². The van der Waals surface area contributed by atoms with Gasteiger partial charge in [-0.05, 0) is 51.1 Å². The van der Waals surface area contributed by atoms with Crippen LogP contribution < -0.4 is 20.7 Å². The third-order valence-electron chi connectivity index (χ3n) is 7.82. The highest BCUT2D eigenvalue weighted by atomic mass is 19.4. The molecule has 0 radical (unpaired) electrons. The van der Waals surface area contributed by atoms with E-state index in [4.69, 9.17) is 0 Å². The lowest BCUT2D eigenvalue weighted by Gasteiger charge is -2.44. The van der Waals surface area contributed by atoms with Gasteiger partial charge in [-0.1, -0.05) is 6.08 Å². The fourth-order valence-electron chi connectivity index (χ4n) is 5.31. The molecule has 1 amide bonds. The summed E-state index contributed by atoms with van der Waals surface area (Å²) in [4.78, 5) is 41.7. The number of alkyl halides is 3. The molecule has 2 aliphatic heterocycles. The fraction of sp³-hybridized carbons (Fsp3) is 0.379. The van der Waals surface area contributed by atoms with E-state index in [1.807, 2.05) is 43.7 Å². The highest BCUT2D eigenvalue weighted by molar-refractivity contribution is 6.07. The molecule has 2 atom stereocenters.